The van der Waals surface area contributed by atoms with Crippen molar-refractivity contribution < 1.29 is 19.2 Å². The number of benzene rings is 2. The summed E-state index contributed by atoms with van der Waals surface area (Å²) in [6, 6.07) is 12.5. The first-order valence-corrected chi connectivity index (χ1v) is 12.2. The van der Waals surface area contributed by atoms with Gasteiger partial charge in [0, 0.05) is 12.1 Å². The highest BCUT2D eigenvalue weighted by Gasteiger charge is 2.33. The lowest BCUT2D eigenvalue weighted by Gasteiger charge is -2.25. The van der Waals surface area contributed by atoms with Gasteiger partial charge in [-0.3, -0.25) is 19.5 Å². The van der Waals surface area contributed by atoms with Crippen LogP contribution in [0, 0.1) is 10.1 Å². The Morgan fingerprint density at radius 1 is 1.25 bits per heavy atom. The van der Waals surface area contributed by atoms with Crippen LogP contribution in [0.5, 0.6) is 5.75 Å². The molecule has 0 N–H and O–H groups in total. The first-order chi connectivity index (χ1) is 17.2. The number of nitrogens with zero attached hydrogens (tertiary/aromatic N) is 3. The fourth-order valence-corrected chi connectivity index (χ4v) is 5.03. The zero-order valence-corrected chi connectivity index (χ0v) is 21.1. The summed E-state index contributed by atoms with van der Waals surface area (Å²) in [5.41, 5.74) is 1.53. The maximum Gasteiger partial charge on any atom is 0.338 e. The Hall–Kier alpha value is -4.05. The quantitative estimate of drug-likeness (QED) is 0.275. The van der Waals surface area contributed by atoms with Crippen molar-refractivity contribution in [3.63, 3.8) is 0 Å². The van der Waals surface area contributed by atoms with Crippen LogP contribution in [0.3, 0.4) is 0 Å². The molecular formula is C26H25N3O6S. The molecule has 0 fully saturated rings. The van der Waals surface area contributed by atoms with Gasteiger partial charge in [0.1, 0.15) is 5.75 Å². The Balaban J connectivity index is 1.89. The largest absolute Gasteiger partial charge is 0.491 e. The number of thiazole rings is 1. The average molecular weight is 508 g/mol. The molecule has 0 amide bonds. The maximum absolute atomic E-state index is 13.6. The highest BCUT2D eigenvalue weighted by molar-refractivity contribution is 7.07. The van der Waals surface area contributed by atoms with Crippen molar-refractivity contribution in [1.82, 2.24) is 4.57 Å². The third kappa shape index (κ3) is 4.99. The van der Waals surface area contributed by atoms with Crippen molar-refractivity contribution in [2.75, 3.05) is 6.61 Å². The second kappa shape index (κ2) is 10.3. The van der Waals surface area contributed by atoms with Gasteiger partial charge in [0.15, 0.2) is 4.80 Å². The lowest BCUT2D eigenvalue weighted by Crippen LogP contribution is -2.39. The molecule has 0 saturated heterocycles. The zero-order chi connectivity index (χ0) is 26.0. The molecule has 1 aliphatic heterocycles. The van der Waals surface area contributed by atoms with Gasteiger partial charge >= 0.3 is 5.97 Å². The molecular weight excluding hydrogens is 482 g/mol. The lowest BCUT2D eigenvalue weighted by atomic mass is 9.96. The molecule has 2 heterocycles. The fraction of sp³-hybridized carbons (Fsp3) is 0.269. The Bertz CT molecular complexity index is 1530. The van der Waals surface area contributed by atoms with E-state index in [1.54, 1.807) is 44.2 Å². The molecule has 0 bridgehead atoms. The number of esters is 1. The third-order valence-electron chi connectivity index (χ3n) is 5.46. The van der Waals surface area contributed by atoms with Gasteiger partial charge in [-0.05, 0) is 57.0 Å². The van der Waals surface area contributed by atoms with Gasteiger partial charge in [0.2, 0.25) is 0 Å². The minimum Gasteiger partial charge on any atom is -0.491 e. The first-order valence-electron chi connectivity index (χ1n) is 11.4. The molecule has 36 heavy (non-hydrogen) atoms. The van der Waals surface area contributed by atoms with Crippen LogP contribution in [0.1, 0.15) is 44.9 Å². The number of carbonyl (C=O) groups excluding carboxylic acids is 1. The Morgan fingerprint density at radius 2 is 1.97 bits per heavy atom. The summed E-state index contributed by atoms with van der Waals surface area (Å²) in [5.74, 6) is 0.129. The number of hydrogen-bond donors (Lipinski definition) is 0. The van der Waals surface area contributed by atoms with Gasteiger partial charge < -0.3 is 9.47 Å². The molecule has 10 heteroatoms. The predicted octanol–water partition coefficient (Wildman–Crippen LogP) is 3.49. The van der Waals surface area contributed by atoms with Crippen molar-refractivity contribution in [1.29, 1.82) is 0 Å². The number of carbonyl (C=O) groups is 1. The summed E-state index contributed by atoms with van der Waals surface area (Å²) >= 11 is 1.16. The monoisotopic (exact) mass is 507 g/mol. The molecule has 9 nitrogen and oxygen atoms in total. The molecule has 186 valence electrons. The van der Waals surface area contributed by atoms with Crippen molar-refractivity contribution in [3.05, 3.63) is 101 Å². The van der Waals surface area contributed by atoms with Gasteiger partial charge in [-0.15, -0.1) is 0 Å². The third-order valence-corrected chi connectivity index (χ3v) is 6.45. The Labute approximate surface area is 210 Å². The number of rotatable bonds is 7. The summed E-state index contributed by atoms with van der Waals surface area (Å²) in [6.45, 7) is 7.47. The van der Waals surface area contributed by atoms with Crippen LogP contribution >= 0.6 is 11.3 Å². The fourth-order valence-electron chi connectivity index (χ4n) is 3.99. The lowest BCUT2D eigenvalue weighted by molar-refractivity contribution is -0.384. The van der Waals surface area contributed by atoms with E-state index in [2.05, 4.69) is 4.99 Å². The average Bonchev–Trinajstić information content (AvgIpc) is 3.13. The SMILES string of the molecule is CCOC(=O)C1=C(C)N=c2s/c(=C\c3cccc([N+](=O)[O-])c3)c(=O)n2[C@H]1c1ccc(OC(C)C)cc1. The minimum absolute atomic E-state index is 0.000402. The maximum atomic E-state index is 13.6. The highest BCUT2D eigenvalue weighted by atomic mass is 32.1. The molecule has 1 atom stereocenters. The Morgan fingerprint density at radius 3 is 2.61 bits per heavy atom. The van der Waals surface area contributed by atoms with Crippen LogP contribution < -0.4 is 19.6 Å². The molecule has 3 aromatic rings. The smallest absolute Gasteiger partial charge is 0.338 e. The number of fused-ring (bicyclic) bond motifs is 1. The van der Waals surface area contributed by atoms with Gasteiger partial charge in [0.05, 0.1) is 39.5 Å². The predicted molar refractivity (Wildman–Crippen MR) is 136 cm³/mol. The molecule has 2 aromatic carbocycles. The Kier molecular flexibility index (Phi) is 7.16. The second-order valence-corrected chi connectivity index (χ2v) is 9.40. The van der Waals surface area contributed by atoms with Crippen molar-refractivity contribution in [2.45, 2.75) is 39.8 Å². The van der Waals surface area contributed by atoms with E-state index in [1.165, 1.54) is 16.7 Å². The van der Waals surface area contributed by atoms with E-state index < -0.39 is 16.9 Å². The van der Waals surface area contributed by atoms with E-state index >= 15 is 0 Å². The van der Waals surface area contributed by atoms with E-state index in [-0.39, 0.29) is 29.5 Å². The van der Waals surface area contributed by atoms with Crippen LogP contribution in [0.2, 0.25) is 0 Å². The van der Waals surface area contributed by atoms with Crippen LogP contribution in [0.4, 0.5) is 5.69 Å². The van der Waals surface area contributed by atoms with Crippen LogP contribution in [0.25, 0.3) is 6.08 Å². The summed E-state index contributed by atoms with van der Waals surface area (Å²) in [5, 5.41) is 11.2. The van der Waals surface area contributed by atoms with Crippen molar-refractivity contribution in [3.8, 4) is 5.75 Å². The number of nitro benzene ring substituents is 1. The van der Waals surface area contributed by atoms with Gasteiger partial charge in [-0.25, -0.2) is 9.79 Å². The summed E-state index contributed by atoms with van der Waals surface area (Å²) in [4.78, 5) is 42.2. The summed E-state index contributed by atoms with van der Waals surface area (Å²) in [6.07, 6.45) is 1.59. The first kappa shape index (κ1) is 25.1. The van der Waals surface area contributed by atoms with Gasteiger partial charge in [-0.1, -0.05) is 35.6 Å². The van der Waals surface area contributed by atoms with E-state index in [9.17, 15) is 19.7 Å². The zero-order valence-electron chi connectivity index (χ0n) is 20.3. The molecule has 0 unspecified atom stereocenters. The van der Waals surface area contributed by atoms with Gasteiger partial charge in [0.25, 0.3) is 11.2 Å². The second-order valence-electron chi connectivity index (χ2n) is 8.39. The van der Waals surface area contributed by atoms with Crippen molar-refractivity contribution in [2.24, 2.45) is 4.99 Å². The van der Waals surface area contributed by atoms with Crippen LogP contribution in [-0.2, 0) is 9.53 Å². The van der Waals surface area contributed by atoms with E-state index in [4.69, 9.17) is 9.47 Å². The van der Waals surface area contributed by atoms with Crippen LogP contribution in [0.15, 0.2) is 69.6 Å². The highest BCUT2D eigenvalue weighted by Crippen LogP contribution is 2.31. The number of hydrogen-bond acceptors (Lipinski definition) is 8. The minimum atomic E-state index is -0.749. The molecule has 0 radical (unpaired) electrons. The summed E-state index contributed by atoms with van der Waals surface area (Å²) < 4.78 is 12.9. The van der Waals surface area contributed by atoms with E-state index in [0.717, 1.165) is 11.3 Å². The molecule has 0 saturated carbocycles. The molecule has 4 rings (SSSR count). The molecule has 1 aliphatic rings. The molecule has 0 aliphatic carbocycles. The van der Waals surface area contributed by atoms with Gasteiger partial charge in [-0.2, -0.15) is 0 Å². The number of allylic oxidation sites excluding steroid dienone is 1. The number of aromatic nitrogens is 1. The topological polar surface area (TPSA) is 113 Å². The number of ether oxygens (including phenoxy) is 2. The van der Waals surface area contributed by atoms with Crippen molar-refractivity contribution >= 4 is 29.1 Å². The molecule has 0 spiro atoms. The van der Waals surface area contributed by atoms with Crippen LogP contribution in [-0.4, -0.2) is 28.2 Å². The van der Waals surface area contributed by atoms with E-state index in [0.29, 0.717) is 31.9 Å². The standard InChI is InChI=1S/C26H25N3O6S/c1-5-34-25(31)22-16(4)27-26-28(23(22)18-9-11-20(12-10-18)35-15(2)3)24(30)21(36-26)14-17-7-6-8-19(13-17)29(32)33/h6-15,23H,5H2,1-4H3/b21-14-/t23-/m0/s1. The number of nitro groups is 1. The normalized spacial score (nSPS) is 15.5. The number of non-ortho nitro benzene ring substituents is 1. The van der Waals surface area contributed by atoms with E-state index in [1.807, 2.05) is 26.0 Å². The summed E-state index contributed by atoms with van der Waals surface area (Å²) in [7, 11) is 0. The molecule has 1 aromatic heterocycles.